The normalized spacial score (nSPS) is 25.3. The van der Waals surface area contributed by atoms with Crippen LogP contribution >= 0.6 is 0 Å². The molecule has 2 aliphatic rings. The smallest absolute Gasteiger partial charge is 0.161 e. The predicted octanol–water partition coefficient (Wildman–Crippen LogP) is 2.07. The fourth-order valence-electron chi connectivity index (χ4n) is 3.44. The van der Waals surface area contributed by atoms with Crippen LogP contribution in [0.2, 0.25) is 0 Å². The van der Waals surface area contributed by atoms with Gasteiger partial charge in [0, 0.05) is 13.1 Å². The van der Waals surface area contributed by atoms with E-state index in [0.29, 0.717) is 5.75 Å². The standard InChI is InChI=1S/C15H18N2O2/c1-18-13-8-11-4-7-17-6-3-5-15(17,10-16)12(11)9-14(13)19-2/h8-9H,3-7H2,1-2H3. The summed E-state index contributed by atoms with van der Waals surface area (Å²) in [6.45, 7) is 1.97. The maximum Gasteiger partial charge on any atom is 0.161 e. The van der Waals surface area contributed by atoms with Crippen molar-refractivity contribution in [3.8, 4) is 17.6 Å². The van der Waals surface area contributed by atoms with Crippen molar-refractivity contribution >= 4 is 0 Å². The van der Waals surface area contributed by atoms with E-state index in [1.807, 2.05) is 12.1 Å². The molecule has 0 saturated carbocycles. The highest BCUT2D eigenvalue weighted by molar-refractivity contribution is 5.53. The van der Waals surface area contributed by atoms with Crippen LogP contribution in [0.15, 0.2) is 12.1 Å². The number of hydrogen-bond acceptors (Lipinski definition) is 4. The van der Waals surface area contributed by atoms with Crippen LogP contribution in [-0.4, -0.2) is 32.2 Å². The molecule has 100 valence electrons. The first kappa shape index (κ1) is 12.3. The molecule has 1 aromatic rings. The Morgan fingerprint density at radius 3 is 2.63 bits per heavy atom. The van der Waals surface area contributed by atoms with Crippen molar-refractivity contribution < 1.29 is 9.47 Å². The Morgan fingerprint density at radius 1 is 1.21 bits per heavy atom. The molecule has 1 saturated heterocycles. The van der Waals surface area contributed by atoms with E-state index in [-0.39, 0.29) is 0 Å². The number of hydrogen-bond donors (Lipinski definition) is 0. The maximum absolute atomic E-state index is 9.73. The van der Waals surface area contributed by atoms with Gasteiger partial charge in [-0.1, -0.05) is 0 Å². The lowest BCUT2D eigenvalue weighted by Gasteiger charge is -2.39. The van der Waals surface area contributed by atoms with Crippen molar-refractivity contribution in [3.05, 3.63) is 23.3 Å². The van der Waals surface area contributed by atoms with Crippen LogP contribution in [0.4, 0.5) is 0 Å². The van der Waals surface area contributed by atoms with Crippen LogP contribution in [0.3, 0.4) is 0 Å². The summed E-state index contributed by atoms with van der Waals surface area (Å²) in [5.41, 5.74) is 1.88. The third-order valence-electron chi connectivity index (χ3n) is 4.40. The van der Waals surface area contributed by atoms with Crippen molar-refractivity contribution in [2.24, 2.45) is 0 Å². The van der Waals surface area contributed by atoms with E-state index >= 15 is 0 Å². The summed E-state index contributed by atoms with van der Waals surface area (Å²) in [7, 11) is 3.29. The average molecular weight is 258 g/mol. The van der Waals surface area contributed by atoms with Crippen molar-refractivity contribution in [1.29, 1.82) is 5.26 Å². The Hall–Kier alpha value is -1.73. The second kappa shape index (κ2) is 4.43. The molecular formula is C15H18N2O2. The molecule has 4 nitrogen and oxygen atoms in total. The Labute approximate surface area is 113 Å². The summed E-state index contributed by atoms with van der Waals surface area (Å²) >= 11 is 0. The summed E-state index contributed by atoms with van der Waals surface area (Å²) in [4.78, 5) is 2.31. The highest BCUT2D eigenvalue weighted by atomic mass is 16.5. The quantitative estimate of drug-likeness (QED) is 0.814. The second-order valence-corrected chi connectivity index (χ2v) is 5.18. The van der Waals surface area contributed by atoms with E-state index in [4.69, 9.17) is 9.47 Å². The van der Waals surface area contributed by atoms with E-state index in [0.717, 1.165) is 43.7 Å². The summed E-state index contributed by atoms with van der Waals surface area (Å²) in [6.07, 6.45) is 2.96. The topological polar surface area (TPSA) is 45.5 Å². The first-order valence-electron chi connectivity index (χ1n) is 6.67. The van der Waals surface area contributed by atoms with E-state index in [1.165, 1.54) is 5.56 Å². The number of benzene rings is 1. The van der Waals surface area contributed by atoms with E-state index < -0.39 is 5.54 Å². The minimum atomic E-state index is -0.451. The van der Waals surface area contributed by atoms with Gasteiger partial charge in [0.1, 0.15) is 5.54 Å². The van der Waals surface area contributed by atoms with Crippen molar-refractivity contribution in [2.75, 3.05) is 27.3 Å². The van der Waals surface area contributed by atoms with Crippen molar-refractivity contribution in [1.82, 2.24) is 4.90 Å². The summed E-state index contributed by atoms with van der Waals surface area (Å²) in [6, 6.07) is 6.58. The Balaban J connectivity index is 2.18. The zero-order chi connectivity index (χ0) is 13.5. The van der Waals surface area contributed by atoms with Gasteiger partial charge in [-0.05, 0) is 42.5 Å². The van der Waals surface area contributed by atoms with Crippen LogP contribution in [0, 0.1) is 11.3 Å². The van der Waals surface area contributed by atoms with Gasteiger partial charge in [0.05, 0.1) is 20.3 Å². The molecule has 1 unspecified atom stereocenters. The molecular weight excluding hydrogens is 240 g/mol. The van der Waals surface area contributed by atoms with Gasteiger partial charge < -0.3 is 9.47 Å². The monoisotopic (exact) mass is 258 g/mol. The lowest BCUT2D eigenvalue weighted by molar-refractivity contribution is 0.178. The van der Waals surface area contributed by atoms with Gasteiger partial charge in [-0.25, -0.2) is 0 Å². The molecule has 19 heavy (non-hydrogen) atoms. The van der Waals surface area contributed by atoms with Crippen LogP contribution < -0.4 is 9.47 Å². The fraction of sp³-hybridized carbons (Fsp3) is 0.533. The Bertz CT molecular complexity index is 550. The van der Waals surface area contributed by atoms with Crippen LogP contribution in [-0.2, 0) is 12.0 Å². The molecule has 0 spiro atoms. The van der Waals surface area contributed by atoms with Gasteiger partial charge in [0.15, 0.2) is 11.5 Å². The highest BCUT2D eigenvalue weighted by Crippen LogP contribution is 2.46. The second-order valence-electron chi connectivity index (χ2n) is 5.18. The van der Waals surface area contributed by atoms with Crippen LogP contribution in [0.1, 0.15) is 24.0 Å². The van der Waals surface area contributed by atoms with Gasteiger partial charge >= 0.3 is 0 Å². The average Bonchev–Trinajstić information content (AvgIpc) is 2.90. The molecule has 1 fully saturated rings. The molecule has 1 atom stereocenters. The summed E-state index contributed by atoms with van der Waals surface area (Å²) in [5.74, 6) is 1.46. The van der Waals surface area contributed by atoms with E-state index in [1.54, 1.807) is 14.2 Å². The SMILES string of the molecule is COc1cc2c(cc1OC)C1(C#N)CCCN1CC2. The van der Waals surface area contributed by atoms with Gasteiger partial charge in [-0.15, -0.1) is 0 Å². The number of nitrogens with zero attached hydrogens (tertiary/aromatic N) is 2. The van der Waals surface area contributed by atoms with Gasteiger partial charge in [-0.2, -0.15) is 5.26 Å². The lowest BCUT2D eigenvalue weighted by atomic mass is 9.81. The molecule has 1 aromatic carbocycles. The molecule has 0 radical (unpaired) electrons. The first-order valence-corrected chi connectivity index (χ1v) is 6.67. The lowest BCUT2D eigenvalue weighted by Crippen LogP contribution is -2.45. The largest absolute Gasteiger partial charge is 0.493 e. The number of ether oxygens (including phenoxy) is 2. The number of methoxy groups -OCH3 is 2. The van der Waals surface area contributed by atoms with E-state index in [2.05, 4.69) is 11.0 Å². The van der Waals surface area contributed by atoms with Crippen LogP contribution in [0.25, 0.3) is 0 Å². The minimum absolute atomic E-state index is 0.451. The van der Waals surface area contributed by atoms with Gasteiger partial charge in [0.25, 0.3) is 0 Å². The molecule has 3 rings (SSSR count). The van der Waals surface area contributed by atoms with Gasteiger partial charge in [0.2, 0.25) is 0 Å². The molecule has 0 N–H and O–H groups in total. The number of nitriles is 1. The molecule has 2 aliphatic heterocycles. The van der Waals surface area contributed by atoms with E-state index in [9.17, 15) is 5.26 Å². The Kier molecular flexibility index (Phi) is 2.87. The van der Waals surface area contributed by atoms with Crippen molar-refractivity contribution in [2.45, 2.75) is 24.8 Å². The fourth-order valence-corrected chi connectivity index (χ4v) is 3.44. The zero-order valence-corrected chi connectivity index (χ0v) is 11.4. The molecule has 0 bridgehead atoms. The molecule has 4 heteroatoms. The summed E-state index contributed by atoms with van der Waals surface area (Å²) < 4.78 is 10.7. The number of rotatable bonds is 2. The molecule has 2 heterocycles. The first-order chi connectivity index (χ1) is 9.25. The highest BCUT2D eigenvalue weighted by Gasteiger charge is 2.46. The van der Waals surface area contributed by atoms with Crippen LogP contribution in [0.5, 0.6) is 11.5 Å². The third-order valence-corrected chi connectivity index (χ3v) is 4.40. The molecule has 0 aliphatic carbocycles. The summed E-state index contributed by atoms with van der Waals surface area (Å²) in [5, 5.41) is 9.73. The maximum atomic E-state index is 9.73. The predicted molar refractivity (Wildman–Crippen MR) is 71.3 cm³/mol. The van der Waals surface area contributed by atoms with Crippen molar-refractivity contribution in [3.63, 3.8) is 0 Å². The zero-order valence-electron chi connectivity index (χ0n) is 11.4. The third kappa shape index (κ3) is 1.62. The molecule has 0 amide bonds. The van der Waals surface area contributed by atoms with Gasteiger partial charge in [-0.3, -0.25) is 4.90 Å². The molecule has 0 aromatic heterocycles. The minimum Gasteiger partial charge on any atom is -0.493 e. The number of fused-ring (bicyclic) bond motifs is 3. The Morgan fingerprint density at radius 2 is 1.95 bits per heavy atom.